The van der Waals surface area contributed by atoms with Gasteiger partial charge in [0.15, 0.2) is 0 Å². The molecule has 0 saturated heterocycles. The minimum Gasteiger partial charge on any atom is -0.370 e. The maximum Gasteiger partial charge on any atom is 0.277 e. The maximum absolute atomic E-state index is 12.1. The van der Waals surface area contributed by atoms with E-state index in [0.717, 1.165) is 6.54 Å². The van der Waals surface area contributed by atoms with Crippen LogP contribution in [0.4, 0.5) is 11.6 Å². The Kier molecular flexibility index (Phi) is 4.30. The van der Waals surface area contributed by atoms with Gasteiger partial charge in [-0.05, 0) is 31.2 Å². The first-order chi connectivity index (χ1) is 9.20. The average molecular weight is 277 g/mol. The number of nitrogens with zero attached hydrogens (tertiary/aromatic N) is 2. The van der Waals surface area contributed by atoms with Crippen LogP contribution in [0.15, 0.2) is 36.5 Å². The molecule has 0 aliphatic heterocycles. The van der Waals surface area contributed by atoms with Crippen LogP contribution in [0.3, 0.4) is 0 Å². The fourth-order valence-electron chi connectivity index (χ4n) is 1.49. The molecule has 0 atom stereocenters. The third kappa shape index (κ3) is 3.42. The van der Waals surface area contributed by atoms with Crippen molar-refractivity contribution in [2.24, 2.45) is 0 Å². The zero-order valence-corrected chi connectivity index (χ0v) is 11.1. The Morgan fingerprint density at radius 2 is 2.11 bits per heavy atom. The second kappa shape index (κ2) is 6.15. The van der Waals surface area contributed by atoms with Crippen molar-refractivity contribution in [3.05, 3.63) is 47.2 Å². The molecule has 98 valence electrons. The average Bonchev–Trinajstić information content (AvgIpc) is 2.42. The predicted octanol–water partition coefficient (Wildman–Crippen LogP) is 2.81. The number of hydrogen-bond acceptors (Lipinski definition) is 4. The van der Waals surface area contributed by atoms with Crippen LogP contribution in [0.5, 0.6) is 0 Å². The van der Waals surface area contributed by atoms with Gasteiger partial charge in [-0.2, -0.15) is 0 Å². The Labute approximate surface area is 116 Å². The Bertz CT molecular complexity index is 574. The molecule has 1 amide bonds. The topological polar surface area (TPSA) is 66.9 Å². The lowest BCUT2D eigenvalue weighted by Gasteiger charge is -2.08. The van der Waals surface area contributed by atoms with Crippen LogP contribution in [-0.2, 0) is 0 Å². The van der Waals surface area contributed by atoms with Gasteiger partial charge in [-0.15, -0.1) is 0 Å². The first kappa shape index (κ1) is 13.3. The Balaban J connectivity index is 2.21. The molecule has 2 heterocycles. The second-order valence-electron chi connectivity index (χ2n) is 3.73. The van der Waals surface area contributed by atoms with E-state index in [1.54, 1.807) is 36.5 Å². The zero-order chi connectivity index (χ0) is 13.7. The maximum atomic E-state index is 12.1. The molecule has 2 aromatic heterocycles. The number of pyridine rings is 2. The van der Waals surface area contributed by atoms with Gasteiger partial charge in [0.2, 0.25) is 0 Å². The van der Waals surface area contributed by atoms with E-state index >= 15 is 0 Å². The van der Waals surface area contributed by atoms with E-state index in [2.05, 4.69) is 20.6 Å². The number of carbonyl (C=O) groups excluding carboxylic acids is 1. The number of amides is 1. The van der Waals surface area contributed by atoms with Crippen LogP contribution in [0, 0.1) is 0 Å². The van der Waals surface area contributed by atoms with Gasteiger partial charge in [-0.25, -0.2) is 9.97 Å². The largest absolute Gasteiger partial charge is 0.370 e. The summed E-state index contributed by atoms with van der Waals surface area (Å²) in [6.45, 7) is 2.67. The van der Waals surface area contributed by atoms with Crippen LogP contribution in [0.1, 0.15) is 17.4 Å². The highest BCUT2D eigenvalue weighted by Crippen LogP contribution is 2.17. The molecule has 2 rings (SSSR count). The van der Waals surface area contributed by atoms with Crippen molar-refractivity contribution in [3.63, 3.8) is 0 Å². The second-order valence-corrected chi connectivity index (χ2v) is 4.13. The number of anilines is 2. The van der Waals surface area contributed by atoms with Crippen molar-refractivity contribution < 1.29 is 4.79 Å². The fraction of sp³-hybridized carbons (Fsp3) is 0.154. The highest BCUT2D eigenvalue weighted by molar-refractivity contribution is 6.34. The SMILES string of the molecule is CCNc1ccc(Cl)c(C(=O)Nc2ccccn2)n1. The summed E-state index contributed by atoms with van der Waals surface area (Å²) in [4.78, 5) is 20.3. The summed E-state index contributed by atoms with van der Waals surface area (Å²) >= 11 is 5.99. The minimum atomic E-state index is -0.386. The van der Waals surface area contributed by atoms with Crippen LogP contribution < -0.4 is 10.6 Å². The molecular formula is C13H13ClN4O. The molecule has 0 bridgehead atoms. The molecule has 0 aliphatic rings. The van der Waals surface area contributed by atoms with Gasteiger partial charge in [0.1, 0.15) is 17.3 Å². The molecule has 0 aromatic carbocycles. The van der Waals surface area contributed by atoms with Crippen LogP contribution in [-0.4, -0.2) is 22.4 Å². The molecule has 2 aromatic rings. The van der Waals surface area contributed by atoms with Crippen molar-refractivity contribution in [3.8, 4) is 0 Å². The van der Waals surface area contributed by atoms with Gasteiger partial charge < -0.3 is 10.6 Å². The summed E-state index contributed by atoms with van der Waals surface area (Å²) in [6, 6.07) is 8.61. The normalized spacial score (nSPS) is 10.0. The number of carbonyl (C=O) groups is 1. The summed E-state index contributed by atoms with van der Waals surface area (Å²) in [5.41, 5.74) is 0.172. The molecule has 5 nitrogen and oxygen atoms in total. The van der Waals surface area contributed by atoms with Crippen molar-refractivity contribution in [2.45, 2.75) is 6.92 Å². The first-order valence-electron chi connectivity index (χ1n) is 5.83. The molecule has 0 fully saturated rings. The summed E-state index contributed by atoms with van der Waals surface area (Å²) in [6.07, 6.45) is 1.60. The van der Waals surface area contributed by atoms with Crippen LogP contribution >= 0.6 is 11.6 Å². The van der Waals surface area contributed by atoms with Crippen LogP contribution in [0.2, 0.25) is 5.02 Å². The molecule has 6 heteroatoms. The summed E-state index contributed by atoms with van der Waals surface area (Å²) in [5, 5.41) is 5.97. The quantitative estimate of drug-likeness (QED) is 0.901. The number of aromatic nitrogens is 2. The molecule has 0 spiro atoms. The number of rotatable bonds is 4. The van der Waals surface area contributed by atoms with E-state index in [9.17, 15) is 4.79 Å². The number of halogens is 1. The van der Waals surface area contributed by atoms with E-state index in [1.807, 2.05) is 6.92 Å². The molecule has 2 N–H and O–H groups in total. The first-order valence-corrected chi connectivity index (χ1v) is 6.21. The number of nitrogens with one attached hydrogen (secondary N) is 2. The smallest absolute Gasteiger partial charge is 0.277 e. The molecule has 19 heavy (non-hydrogen) atoms. The standard InChI is InChI=1S/C13H13ClN4O/c1-2-15-11-7-6-9(14)12(17-11)13(19)18-10-5-3-4-8-16-10/h3-8H,2H2,1H3,(H,15,17)(H,16,18,19). The lowest BCUT2D eigenvalue weighted by atomic mass is 10.3. The van der Waals surface area contributed by atoms with E-state index in [0.29, 0.717) is 16.7 Å². The fourth-order valence-corrected chi connectivity index (χ4v) is 1.68. The van der Waals surface area contributed by atoms with Gasteiger partial charge in [0, 0.05) is 12.7 Å². The Morgan fingerprint density at radius 3 is 2.79 bits per heavy atom. The van der Waals surface area contributed by atoms with E-state index in [1.165, 1.54) is 0 Å². The summed E-state index contributed by atoms with van der Waals surface area (Å²) in [5.74, 6) is 0.681. The number of hydrogen-bond donors (Lipinski definition) is 2. The third-order valence-electron chi connectivity index (χ3n) is 2.33. The van der Waals surface area contributed by atoms with Crippen molar-refractivity contribution in [2.75, 3.05) is 17.2 Å². The van der Waals surface area contributed by atoms with Gasteiger partial charge >= 0.3 is 0 Å². The van der Waals surface area contributed by atoms with E-state index < -0.39 is 0 Å². The monoisotopic (exact) mass is 276 g/mol. The van der Waals surface area contributed by atoms with Crippen LogP contribution in [0.25, 0.3) is 0 Å². The Hall–Kier alpha value is -2.14. The lowest BCUT2D eigenvalue weighted by Crippen LogP contribution is -2.16. The summed E-state index contributed by atoms with van der Waals surface area (Å²) in [7, 11) is 0. The summed E-state index contributed by atoms with van der Waals surface area (Å²) < 4.78 is 0. The third-order valence-corrected chi connectivity index (χ3v) is 2.63. The van der Waals surface area contributed by atoms with Gasteiger partial charge in [0.25, 0.3) is 5.91 Å². The molecule has 0 saturated carbocycles. The highest BCUT2D eigenvalue weighted by Gasteiger charge is 2.13. The van der Waals surface area contributed by atoms with Crippen molar-refractivity contribution >= 4 is 29.1 Å². The Morgan fingerprint density at radius 1 is 1.26 bits per heavy atom. The van der Waals surface area contributed by atoms with E-state index in [-0.39, 0.29) is 11.6 Å². The van der Waals surface area contributed by atoms with Gasteiger partial charge in [-0.1, -0.05) is 17.7 Å². The highest BCUT2D eigenvalue weighted by atomic mass is 35.5. The van der Waals surface area contributed by atoms with Crippen molar-refractivity contribution in [1.29, 1.82) is 0 Å². The van der Waals surface area contributed by atoms with Gasteiger partial charge in [0.05, 0.1) is 5.02 Å². The lowest BCUT2D eigenvalue weighted by molar-refractivity contribution is 0.102. The van der Waals surface area contributed by atoms with Gasteiger partial charge in [-0.3, -0.25) is 4.79 Å². The zero-order valence-electron chi connectivity index (χ0n) is 10.4. The van der Waals surface area contributed by atoms with Crippen molar-refractivity contribution in [1.82, 2.24) is 9.97 Å². The minimum absolute atomic E-state index is 0.172. The molecule has 0 radical (unpaired) electrons. The van der Waals surface area contributed by atoms with E-state index in [4.69, 9.17) is 11.6 Å². The molecular weight excluding hydrogens is 264 g/mol. The predicted molar refractivity (Wildman–Crippen MR) is 75.6 cm³/mol. The molecule has 0 unspecified atom stereocenters. The molecule has 0 aliphatic carbocycles.